The summed E-state index contributed by atoms with van der Waals surface area (Å²) in [5, 5.41) is 23.5. The second-order valence-electron chi connectivity index (χ2n) is 6.75. The number of aliphatic hydroxyl groups is 2. The fourth-order valence-corrected chi connectivity index (χ4v) is 3.59. The van der Waals surface area contributed by atoms with Gasteiger partial charge in [-0.3, -0.25) is 9.36 Å². The van der Waals surface area contributed by atoms with Gasteiger partial charge >= 0.3 is 0 Å². The van der Waals surface area contributed by atoms with Crippen molar-refractivity contribution < 1.29 is 24.3 Å². The van der Waals surface area contributed by atoms with Crippen LogP contribution in [0.1, 0.15) is 11.8 Å². The van der Waals surface area contributed by atoms with E-state index in [1.54, 1.807) is 17.0 Å². The van der Waals surface area contributed by atoms with Crippen LogP contribution in [0.25, 0.3) is 11.2 Å². The van der Waals surface area contributed by atoms with Gasteiger partial charge in [0.1, 0.15) is 18.5 Å². The summed E-state index contributed by atoms with van der Waals surface area (Å²) < 4.78 is 8.75. The van der Waals surface area contributed by atoms with Crippen LogP contribution in [-0.2, 0) is 16.1 Å². The van der Waals surface area contributed by atoms with Gasteiger partial charge in [0.05, 0.1) is 6.54 Å². The number of likely N-dealkylation sites (N-methyl/N-ethyl adjacent to an activating group) is 1. The first kappa shape index (κ1) is 19.5. The van der Waals surface area contributed by atoms with Gasteiger partial charge in [-0.25, -0.2) is 9.55 Å². The summed E-state index contributed by atoms with van der Waals surface area (Å²) >= 11 is 6.03. The maximum atomic E-state index is 11.9. The zero-order chi connectivity index (χ0) is 20.7. The van der Waals surface area contributed by atoms with Gasteiger partial charge in [0.15, 0.2) is 17.8 Å². The number of carbonyl (C=O) groups is 1. The molecular weight excluding hydrogens is 400 g/mol. The molecular formula is C18H20ClN6O4+. The molecule has 3 heterocycles. The molecule has 1 fully saturated rings. The third-order valence-electron chi connectivity index (χ3n) is 4.90. The standard InChI is InChI=1S/C18H19ClN6O4/c1-21-17(28)14-12(26)13(27)18(29-14)25-8-22-11-15(20)24(7-23-16(11)25)6-9-3-2-4-10(19)5-9/h2-5,7-8,12-14,18,20,26-27H,6H2,1H3,(H,21,28)/p+1/t12-,13+,14-,18+/m0/s1. The largest absolute Gasteiger partial charge is 0.387 e. The first-order valence-electron chi connectivity index (χ1n) is 8.88. The lowest BCUT2D eigenvalue weighted by atomic mass is 10.1. The highest BCUT2D eigenvalue weighted by Gasteiger charge is 2.47. The van der Waals surface area contributed by atoms with Gasteiger partial charge in [-0.1, -0.05) is 28.7 Å². The molecule has 1 aromatic carbocycles. The molecule has 152 valence electrons. The van der Waals surface area contributed by atoms with Crippen molar-refractivity contribution in [1.29, 1.82) is 0 Å². The predicted molar refractivity (Wildman–Crippen MR) is 103 cm³/mol. The maximum absolute atomic E-state index is 11.9. The van der Waals surface area contributed by atoms with Crippen molar-refractivity contribution in [2.75, 3.05) is 12.8 Å². The summed E-state index contributed by atoms with van der Waals surface area (Å²) in [5.41, 5.74) is 7.98. The first-order valence-corrected chi connectivity index (χ1v) is 9.26. The number of benzene rings is 1. The molecule has 2 aromatic heterocycles. The Labute approximate surface area is 170 Å². The van der Waals surface area contributed by atoms with E-state index in [0.29, 0.717) is 28.5 Å². The highest BCUT2D eigenvalue weighted by atomic mass is 35.5. The zero-order valence-electron chi connectivity index (χ0n) is 15.4. The second-order valence-corrected chi connectivity index (χ2v) is 7.19. The van der Waals surface area contributed by atoms with Crippen LogP contribution in [0.5, 0.6) is 0 Å². The van der Waals surface area contributed by atoms with E-state index in [2.05, 4.69) is 15.3 Å². The molecule has 0 unspecified atom stereocenters. The number of hydrogen-bond donors (Lipinski definition) is 4. The number of aliphatic hydroxyl groups excluding tert-OH is 2. The van der Waals surface area contributed by atoms with Crippen molar-refractivity contribution in [2.24, 2.45) is 0 Å². The minimum absolute atomic E-state index is 0.360. The number of nitrogens with two attached hydrogens (primary N) is 1. The van der Waals surface area contributed by atoms with Crippen molar-refractivity contribution in [3.8, 4) is 0 Å². The van der Waals surface area contributed by atoms with Crippen molar-refractivity contribution in [3.05, 3.63) is 47.5 Å². The van der Waals surface area contributed by atoms with Crippen LogP contribution >= 0.6 is 11.6 Å². The van der Waals surface area contributed by atoms with E-state index in [1.807, 2.05) is 18.2 Å². The van der Waals surface area contributed by atoms with E-state index < -0.39 is 30.4 Å². The molecule has 11 heteroatoms. The number of aromatic nitrogens is 4. The second kappa shape index (κ2) is 7.56. The number of imidazole rings is 1. The van der Waals surface area contributed by atoms with Crippen molar-refractivity contribution in [2.45, 2.75) is 31.1 Å². The monoisotopic (exact) mass is 419 g/mol. The van der Waals surface area contributed by atoms with Gasteiger partial charge in [0.25, 0.3) is 11.7 Å². The predicted octanol–water partition coefficient (Wildman–Crippen LogP) is -0.632. The van der Waals surface area contributed by atoms with Gasteiger partial charge in [-0.15, -0.1) is 0 Å². The number of carbonyl (C=O) groups excluding carboxylic acids is 1. The number of rotatable bonds is 4. The summed E-state index contributed by atoms with van der Waals surface area (Å²) in [7, 11) is 1.42. The third kappa shape index (κ3) is 3.40. The van der Waals surface area contributed by atoms with Crippen LogP contribution in [0.3, 0.4) is 0 Å². The Morgan fingerprint density at radius 2 is 2.17 bits per heavy atom. The van der Waals surface area contributed by atoms with Gasteiger partial charge in [-0.05, 0) is 17.7 Å². The SMILES string of the molecule is CNC(=O)[C@H]1O[C@@H](n2cnc3c(N)[n+](Cc4cccc(Cl)c4)cnc32)[C@H](O)[C@@H]1O. The summed E-state index contributed by atoms with van der Waals surface area (Å²) in [5.74, 6) is -0.167. The van der Waals surface area contributed by atoms with Crippen LogP contribution in [0.4, 0.5) is 5.82 Å². The van der Waals surface area contributed by atoms with E-state index in [4.69, 9.17) is 22.1 Å². The van der Waals surface area contributed by atoms with Gasteiger partial charge in [0.2, 0.25) is 12.0 Å². The summed E-state index contributed by atoms with van der Waals surface area (Å²) in [6.07, 6.45) is -2.00. The minimum atomic E-state index is -1.38. The average Bonchev–Trinajstić information content (AvgIpc) is 3.26. The van der Waals surface area contributed by atoms with E-state index in [1.165, 1.54) is 17.9 Å². The quantitative estimate of drug-likeness (QED) is 0.413. The maximum Gasteiger partial charge on any atom is 0.251 e. The highest BCUT2D eigenvalue weighted by Crippen LogP contribution is 2.31. The molecule has 1 aliphatic rings. The Bertz CT molecular complexity index is 1070. The summed E-state index contributed by atoms with van der Waals surface area (Å²) in [6, 6.07) is 7.39. The Hall–Kier alpha value is -2.79. The molecule has 0 radical (unpaired) electrons. The smallest absolute Gasteiger partial charge is 0.251 e. The van der Waals surface area contributed by atoms with Crippen LogP contribution < -0.4 is 15.6 Å². The van der Waals surface area contributed by atoms with Crippen molar-refractivity contribution >= 4 is 34.5 Å². The number of halogens is 1. The van der Waals surface area contributed by atoms with Crippen LogP contribution in [0.15, 0.2) is 36.9 Å². The lowest BCUT2D eigenvalue weighted by molar-refractivity contribution is -0.675. The Morgan fingerprint density at radius 3 is 2.90 bits per heavy atom. The van der Waals surface area contributed by atoms with Crippen LogP contribution in [0.2, 0.25) is 5.02 Å². The fourth-order valence-electron chi connectivity index (χ4n) is 3.38. The Kier molecular flexibility index (Phi) is 5.09. The molecule has 1 aliphatic heterocycles. The third-order valence-corrected chi connectivity index (χ3v) is 5.13. The number of ether oxygens (including phenoxy) is 1. The zero-order valence-corrected chi connectivity index (χ0v) is 16.2. The number of nitrogens with one attached hydrogen (secondary N) is 1. The van der Waals surface area contributed by atoms with Crippen LogP contribution in [0, 0.1) is 0 Å². The number of nitrogens with zero attached hydrogens (tertiary/aromatic N) is 4. The summed E-state index contributed by atoms with van der Waals surface area (Å²) in [4.78, 5) is 20.5. The molecule has 1 saturated heterocycles. The molecule has 4 atom stereocenters. The molecule has 0 aliphatic carbocycles. The molecule has 0 bridgehead atoms. The van der Waals surface area contributed by atoms with Gasteiger partial charge in [-0.2, -0.15) is 0 Å². The first-order chi connectivity index (χ1) is 13.9. The van der Waals surface area contributed by atoms with Gasteiger partial charge in [0, 0.05) is 12.1 Å². The molecule has 0 saturated carbocycles. The van der Waals surface area contributed by atoms with Crippen molar-refractivity contribution in [3.63, 3.8) is 0 Å². The topological polar surface area (TPSA) is 139 Å². The lowest BCUT2D eigenvalue weighted by Gasteiger charge is -2.15. The van der Waals surface area contributed by atoms with Crippen LogP contribution in [-0.4, -0.2) is 56.0 Å². The molecule has 10 nitrogen and oxygen atoms in total. The Balaban J connectivity index is 1.66. The molecule has 29 heavy (non-hydrogen) atoms. The molecule has 1 amide bonds. The van der Waals surface area contributed by atoms with E-state index >= 15 is 0 Å². The van der Waals surface area contributed by atoms with E-state index in [9.17, 15) is 15.0 Å². The molecule has 5 N–H and O–H groups in total. The number of hydrogen-bond acceptors (Lipinski definition) is 7. The lowest BCUT2D eigenvalue weighted by Crippen LogP contribution is -2.41. The highest BCUT2D eigenvalue weighted by molar-refractivity contribution is 6.30. The van der Waals surface area contributed by atoms with E-state index in [0.717, 1.165) is 5.56 Å². The minimum Gasteiger partial charge on any atom is -0.387 e. The summed E-state index contributed by atoms with van der Waals surface area (Å²) in [6.45, 7) is 0.447. The Morgan fingerprint density at radius 1 is 1.38 bits per heavy atom. The average molecular weight is 420 g/mol. The number of fused-ring (bicyclic) bond motifs is 1. The number of anilines is 1. The fraction of sp³-hybridized carbons (Fsp3) is 0.333. The van der Waals surface area contributed by atoms with Crippen molar-refractivity contribution in [1.82, 2.24) is 19.9 Å². The molecule has 3 aromatic rings. The van der Waals surface area contributed by atoms with E-state index in [-0.39, 0.29) is 0 Å². The molecule has 0 spiro atoms. The van der Waals surface area contributed by atoms with Gasteiger partial charge < -0.3 is 26.0 Å². The normalized spacial score (nSPS) is 24.1. The molecule has 4 rings (SSSR count). The number of amides is 1. The number of nitrogen functional groups attached to an aromatic ring is 1.